The molecule has 1 aliphatic rings. The molecule has 17 heavy (non-hydrogen) atoms. The SMILES string of the molecule is NC1CCc2cnc(-c3ccccc3F)nc21. The smallest absolute Gasteiger partial charge is 0.162 e. The van der Waals surface area contributed by atoms with Gasteiger partial charge in [-0.25, -0.2) is 14.4 Å². The first-order valence-electron chi connectivity index (χ1n) is 5.62. The minimum Gasteiger partial charge on any atom is -0.323 e. The van der Waals surface area contributed by atoms with Crippen molar-refractivity contribution in [2.75, 3.05) is 0 Å². The van der Waals surface area contributed by atoms with Gasteiger partial charge in [0.25, 0.3) is 0 Å². The monoisotopic (exact) mass is 229 g/mol. The van der Waals surface area contributed by atoms with E-state index in [0.717, 1.165) is 24.1 Å². The van der Waals surface area contributed by atoms with Crippen LogP contribution in [0, 0.1) is 5.82 Å². The van der Waals surface area contributed by atoms with Crippen LogP contribution in [-0.2, 0) is 6.42 Å². The predicted molar refractivity (Wildman–Crippen MR) is 62.7 cm³/mol. The minimum absolute atomic E-state index is 0.0430. The highest BCUT2D eigenvalue weighted by molar-refractivity contribution is 5.56. The van der Waals surface area contributed by atoms with E-state index in [-0.39, 0.29) is 11.9 Å². The first-order chi connectivity index (χ1) is 8.25. The number of fused-ring (bicyclic) bond motifs is 1. The molecule has 0 fully saturated rings. The first kappa shape index (κ1) is 10.4. The van der Waals surface area contributed by atoms with Crippen LogP contribution in [0.3, 0.4) is 0 Å². The summed E-state index contributed by atoms with van der Waals surface area (Å²) >= 11 is 0. The standard InChI is InChI=1S/C13H12FN3/c14-10-4-2-1-3-9(10)13-16-7-8-5-6-11(15)12(8)17-13/h1-4,7,11H,5-6,15H2. The van der Waals surface area contributed by atoms with Crippen molar-refractivity contribution in [3.63, 3.8) is 0 Å². The second kappa shape index (κ2) is 3.89. The molecule has 86 valence electrons. The molecule has 1 aromatic carbocycles. The largest absolute Gasteiger partial charge is 0.323 e. The Balaban J connectivity index is 2.11. The van der Waals surface area contributed by atoms with E-state index in [9.17, 15) is 4.39 Å². The topological polar surface area (TPSA) is 51.8 Å². The zero-order chi connectivity index (χ0) is 11.8. The van der Waals surface area contributed by atoms with Crippen molar-refractivity contribution < 1.29 is 4.39 Å². The van der Waals surface area contributed by atoms with E-state index in [2.05, 4.69) is 9.97 Å². The highest BCUT2D eigenvalue weighted by atomic mass is 19.1. The van der Waals surface area contributed by atoms with Crippen molar-refractivity contribution in [2.24, 2.45) is 5.73 Å². The molecule has 0 saturated heterocycles. The molecule has 4 heteroatoms. The van der Waals surface area contributed by atoms with Gasteiger partial charge in [0.05, 0.1) is 11.3 Å². The Bertz CT molecular complexity index is 568. The molecule has 2 N–H and O–H groups in total. The molecule has 0 aliphatic heterocycles. The first-order valence-corrected chi connectivity index (χ1v) is 5.62. The molecule has 3 rings (SSSR count). The van der Waals surface area contributed by atoms with E-state index in [1.807, 2.05) is 0 Å². The summed E-state index contributed by atoms with van der Waals surface area (Å²) < 4.78 is 13.6. The zero-order valence-electron chi connectivity index (χ0n) is 9.23. The average Bonchev–Trinajstić information content (AvgIpc) is 2.71. The second-order valence-electron chi connectivity index (χ2n) is 4.23. The lowest BCUT2D eigenvalue weighted by atomic mass is 10.2. The summed E-state index contributed by atoms with van der Waals surface area (Å²) in [5.74, 6) is 0.109. The van der Waals surface area contributed by atoms with E-state index in [0.29, 0.717) is 11.4 Å². The van der Waals surface area contributed by atoms with Gasteiger partial charge in [-0.3, -0.25) is 0 Å². The molecule has 1 atom stereocenters. The summed E-state index contributed by atoms with van der Waals surface area (Å²) in [4.78, 5) is 8.60. The fourth-order valence-corrected chi connectivity index (χ4v) is 2.15. The fraction of sp³-hybridized carbons (Fsp3) is 0.231. The molecule has 0 spiro atoms. The quantitative estimate of drug-likeness (QED) is 0.815. The molecule has 1 heterocycles. The molecule has 0 radical (unpaired) electrons. The number of hydrogen-bond donors (Lipinski definition) is 1. The summed E-state index contributed by atoms with van der Waals surface area (Å²) in [5.41, 5.74) is 8.31. The summed E-state index contributed by atoms with van der Waals surface area (Å²) in [6, 6.07) is 6.47. The zero-order valence-corrected chi connectivity index (χ0v) is 9.23. The Morgan fingerprint density at radius 1 is 1.29 bits per heavy atom. The van der Waals surface area contributed by atoms with Gasteiger partial charge in [0.2, 0.25) is 0 Å². The van der Waals surface area contributed by atoms with Crippen LogP contribution < -0.4 is 5.73 Å². The fourth-order valence-electron chi connectivity index (χ4n) is 2.15. The van der Waals surface area contributed by atoms with E-state index in [1.165, 1.54) is 6.07 Å². The van der Waals surface area contributed by atoms with E-state index >= 15 is 0 Å². The molecule has 1 unspecified atom stereocenters. The third kappa shape index (κ3) is 1.70. The van der Waals surface area contributed by atoms with Crippen LogP contribution in [0.2, 0.25) is 0 Å². The molecule has 2 aromatic rings. The number of rotatable bonds is 1. The number of nitrogens with two attached hydrogens (primary N) is 1. The van der Waals surface area contributed by atoms with Gasteiger partial charge in [-0.2, -0.15) is 0 Å². The van der Waals surface area contributed by atoms with E-state index < -0.39 is 0 Å². The maximum absolute atomic E-state index is 13.6. The molecule has 1 aliphatic carbocycles. The normalized spacial score (nSPS) is 18.1. The van der Waals surface area contributed by atoms with Gasteiger partial charge < -0.3 is 5.73 Å². The number of nitrogens with zero attached hydrogens (tertiary/aromatic N) is 2. The van der Waals surface area contributed by atoms with Gasteiger partial charge in [0, 0.05) is 12.2 Å². The van der Waals surface area contributed by atoms with Crippen LogP contribution in [-0.4, -0.2) is 9.97 Å². The van der Waals surface area contributed by atoms with Gasteiger partial charge >= 0.3 is 0 Å². The van der Waals surface area contributed by atoms with Gasteiger partial charge in [-0.05, 0) is 30.5 Å². The van der Waals surface area contributed by atoms with Gasteiger partial charge in [-0.15, -0.1) is 0 Å². The Kier molecular flexibility index (Phi) is 2.37. The van der Waals surface area contributed by atoms with Crippen LogP contribution in [0.1, 0.15) is 23.7 Å². The van der Waals surface area contributed by atoms with E-state index in [4.69, 9.17) is 5.73 Å². The molecule has 0 bridgehead atoms. The van der Waals surface area contributed by atoms with Crippen molar-refractivity contribution in [2.45, 2.75) is 18.9 Å². The van der Waals surface area contributed by atoms with Crippen molar-refractivity contribution >= 4 is 0 Å². The van der Waals surface area contributed by atoms with Gasteiger partial charge in [0.1, 0.15) is 5.82 Å². The Hall–Kier alpha value is -1.81. The van der Waals surface area contributed by atoms with Crippen LogP contribution in [0.4, 0.5) is 4.39 Å². The molecule has 3 nitrogen and oxygen atoms in total. The number of aryl methyl sites for hydroxylation is 1. The maximum Gasteiger partial charge on any atom is 0.162 e. The van der Waals surface area contributed by atoms with Crippen LogP contribution in [0.5, 0.6) is 0 Å². The summed E-state index contributed by atoms with van der Waals surface area (Å²) in [6.45, 7) is 0. The van der Waals surface area contributed by atoms with Crippen molar-refractivity contribution in [1.29, 1.82) is 0 Å². The van der Waals surface area contributed by atoms with Crippen LogP contribution in [0.25, 0.3) is 11.4 Å². The van der Waals surface area contributed by atoms with Crippen LogP contribution >= 0.6 is 0 Å². The summed E-state index contributed by atoms with van der Waals surface area (Å²) in [5, 5.41) is 0. The summed E-state index contributed by atoms with van der Waals surface area (Å²) in [6.07, 6.45) is 3.57. The van der Waals surface area contributed by atoms with Crippen molar-refractivity contribution in [1.82, 2.24) is 9.97 Å². The molecular formula is C13H12FN3. The maximum atomic E-state index is 13.6. The number of benzene rings is 1. The Labute approximate surface area is 98.5 Å². The highest BCUT2D eigenvalue weighted by Gasteiger charge is 2.22. The Morgan fingerprint density at radius 3 is 2.94 bits per heavy atom. The van der Waals surface area contributed by atoms with E-state index in [1.54, 1.807) is 24.4 Å². The predicted octanol–water partition coefficient (Wildman–Crippen LogP) is 2.23. The average molecular weight is 229 g/mol. The minimum atomic E-state index is -0.306. The molecule has 0 amide bonds. The molecule has 0 saturated carbocycles. The third-order valence-corrected chi connectivity index (χ3v) is 3.09. The third-order valence-electron chi connectivity index (χ3n) is 3.09. The Morgan fingerprint density at radius 2 is 2.12 bits per heavy atom. The van der Waals surface area contributed by atoms with Crippen molar-refractivity contribution in [3.05, 3.63) is 47.5 Å². The number of aromatic nitrogens is 2. The molecular weight excluding hydrogens is 217 g/mol. The van der Waals surface area contributed by atoms with Crippen LogP contribution in [0.15, 0.2) is 30.5 Å². The van der Waals surface area contributed by atoms with Gasteiger partial charge in [-0.1, -0.05) is 12.1 Å². The number of halogens is 1. The lowest BCUT2D eigenvalue weighted by Gasteiger charge is -2.06. The summed E-state index contributed by atoms with van der Waals surface area (Å²) in [7, 11) is 0. The molecule has 1 aromatic heterocycles. The second-order valence-corrected chi connectivity index (χ2v) is 4.23. The number of hydrogen-bond acceptors (Lipinski definition) is 3. The van der Waals surface area contributed by atoms with Crippen molar-refractivity contribution in [3.8, 4) is 11.4 Å². The van der Waals surface area contributed by atoms with Gasteiger partial charge in [0.15, 0.2) is 5.82 Å². The highest BCUT2D eigenvalue weighted by Crippen LogP contribution is 2.29. The lowest BCUT2D eigenvalue weighted by molar-refractivity contribution is 0.629. The lowest BCUT2D eigenvalue weighted by Crippen LogP contribution is -2.08.